The van der Waals surface area contributed by atoms with Gasteiger partial charge in [-0.3, -0.25) is 0 Å². The molecule has 132 valence electrons. The first kappa shape index (κ1) is 19.8. The van der Waals surface area contributed by atoms with E-state index in [-0.39, 0.29) is 0 Å². The van der Waals surface area contributed by atoms with E-state index in [4.69, 9.17) is 18.9 Å². The minimum Gasteiger partial charge on any atom is -0.380 e. The van der Waals surface area contributed by atoms with Crippen molar-refractivity contribution in [3.05, 3.63) is 0 Å². The van der Waals surface area contributed by atoms with Gasteiger partial charge in [-0.1, -0.05) is 13.8 Å². The van der Waals surface area contributed by atoms with E-state index < -0.39 is 0 Å². The number of ether oxygens (including phenoxy) is 4. The van der Waals surface area contributed by atoms with Crippen molar-refractivity contribution in [2.24, 2.45) is 11.8 Å². The normalized spacial score (nSPS) is 29.7. The molecule has 0 radical (unpaired) electrons. The summed E-state index contributed by atoms with van der Waals surface area (Å²) in [4.78, 5) is 0. The third-order valence-electron chi connectivity index (χ3n) is 3.30. The lowest BCUT2D eigenvalue weighted by atomic mass is 10.2. The van der Waals surface area contributed by atoms with Crippen molar-refractivity contribution in [3.63, 3.8) is 0 Å². The van der Waals surface area contributed by atoms with Gasteiger partial charge in [-0.2, -0.15) is 0 Å². The number of hydrogen-bond donors (Lipinski definition) is 2. The first-order chi connectivity index (χ1) is 10.8. The second kappa shape index (κ2) is 14.4. The molecule has 6 heteroatoms. The fourth-order valence-electron chi connectivity index (χ4n) is 2.06. The predicted molar refractivity (Wildman–Crippen MR) is 87.3 cm³/mol. The molecule has 0 atom stereocenters. The summed E-state index contributed by atoms with van der Waals surface area (Å²) in [5.74, 6) is 0.859. The average Bonchev–Trinajstić information content (AvgIpc) is 2.50. The number of rotatable bonds is 0. The van der Waals surface area contributed by atoms with Gasteiger partial charge in [0.05, 0.1) is 52.9 Å². The zero-order valence-electron chi connectivity index (χ0n) is 14.3. The maximum absolute atomic E-state index is 5.63. The predicted octanol–water partition coefficient (Wildman–Crippen LogP) is 0.518. The molecular formula is C16H34N2O4. The number of hydrogen-bond acceptors (Lipinski definition) is 6. The van der Waals surface area contributed by atoms with Crippen molar-refractivity contribution in [1.82, 2.24) is 10.6 Å². The Kier molecular flexibility index (Phi) is 12.9. The van der Waals surface area contributed by atoms with E-state index in [1.54, 1.807) is 0 Å². The molecule has 6 nitrogen and oxygen atoms in total. The molecule has 22 heavy (non-hydrogen) atoms. The van der Waals surface area contributed by atoms with Gasteiger partial charge >= 0.3 is 0 Å². The standard InChI is InChI=1S/C16H34N2O4/c1-15-11-19-7-3-17-5-9-21-13-16(2)14-22-10-6-18-4-8-20-12-15/h15-18H,3-14H2,1-2H3. The molecule has 0 amide bonds. The SMILES string of the molecule is CC1COCCNCCOCC(C)COCCNCCOC1. The smallest absolute Gasteiger partial charge is 0.0591 e. The Morgan fingerprint density at radius 1 is 0.545 bits per heavy atom. The zero-order valence-corrected chi connectivity index (χ0v) is 14.3. The Hall–Kier alpha value is -0.240. The van der Waals surface area contributed by atoms with Crippen LogP contribution < -0.4 is 10.6 Å². The highest BCUT2D eigenvalue weighted by Crippen LogP contribution is 1.98. The van der Waals surface area contributed by atoms with Crippen molar-refractivity contribution in [2.75, 3.05) is 79.0 Å². The lowest BCUT2D eigenvalue weighted by molar-refractivity contribution is 0.0376. The van der Waals surface area contributed by atoms with Crippen molar-refractivity contribution < 1.29 is 18.9 Å². The molecule has 1 heterocycles. The second-order valence-corrected chi connectivity index (χ2v) is 6.01. The molecule has 1 aliphatic rings. The molecule has 2 N–H and O–H groups in total. The Morgan fingerprint density at radius 3 is 1.09 bits per heavy atom. The highest BCUT2D eigenvalue weighted by Gasteiger charge is 2.04. The van der Waals surface area contributed by atoms with E-state index in [0.717, 1.165) is 79.0 Å². The molecule has 0 saturated carbocycles. The molecule has 0 unspecified atom stereocenters. The minimum atomic E-state index is 0.429. The molecular weight excluding hydrogens is 284 g/mol. The Labute approximate surface area is 135 Å². The molecule has 0 aromatic rings. The van der Waals surface area contributed by atoms with Crippen LogP contribution in [0, 0.1) is 11.8 Å². The maximum Gasteiger partial charge on any atom is 0.0591 e. The molecule has 0 aromatic heterocycles. The van der Waals surface area contributed by atoms with Crippen LogP contribution in [0.2, 0.25) is 0 Å². The highest BCUT2D eigenvalue weighted by atomic mass is 16.5. The van der Waals surface area contributed by atoms with Crippen LogP contribution >= 0.6 is 0 Å². The van der Waals surface area contributed by atoms with Crippen LogP contribution in [0.1, 0.15) is 13.8 Å². The van der Waals surface area contributed by atoms with Crippen LogP contribution in [0.25, 0.3) is 0 Å². The van der Waals surface area contributed by atoms with E-state index in [1.807, 2.05) is 0 Å². The van der Waals surface area contributed by atoms with E-state index in [2.05, 4.69) is 24.5 Å². The minimum absolute atomic E-state index is 0.429. The van der Waals surface area contributed by atoms with Crippen LogP contribution in [-0.4, -0.2) is 79.0 Å². The summed E-state index contributed by atoms with van der Waals surface area (Å²) >= 11 is 0. The van der Waals surface area contributed by atoms with E-state index >= 15 is 0 Å². The van der Waals surface area contributed by atoms with Crippen LogP contribution in [0.5, 0.6) is 0 Å². The van der Waals surface area contributed by atoms with Gasteiger partial charge in [-0.05, 0) is 0 Å². The topological polar surface area (TPSA) is 61.0 Å². The molecule has 1 rings (SSSR count). The Bertz CT molecular complexity index is 200. The maximum atomic E-state index is 5.63. The van der Waals surface area contributed by atoms with Crippen molar-refractivity contribution >= 4 is 0 Å². The lowest BCUT2D eigenvalue weighted by Crippen LogP contribution is -2.28. The van der Waals surface area contributed by atoms with Crippen molar-refractivity contribution in [3.8, 4) is 0 Å². The molecule has 1 saturated heterocycles. The summed E-state index contributed by atoms with van der Waals surface area (Å²) < 4.78 is 22.5. The van der Waals surface area contributed by atoms with Gasteiger partial charge in [0.15, 0.2) is 0 Å². The highest BCUT2D eigenvalue weighted by molar-refractivity contribution is 4.54. The van der Waals surface area contributed by atoms with E-state index in [1.165, 1.54) is 0 Å². The van der Waals surface area contributed by atoms with Gasteiger partial charge in [0.1, 0.15) is 0 Å². The summed E-state index contributed by atoms with van der Waals surface area (Å²) in [6.45, 7) is 13.7. The first-order valence-electron chi connectivity index (χ1n) is 8.51. The van der Waals surface area contributed by atoms with Gasteiger partial charge in [0.2, 0.25) is 0 Å². The summed E-state index contributed by atoms with van der Waals surface area (Å²) in [7, 11) is 0. The summed E-state index contributed by atoms with van der Waals surface area (Å²) in [5, 5.41) is 6.63. The molecule has 0 aliphatic carbocycles. The van der Waals surface area contributed by atoms with Crippen molar-refractivity contribution in [1.29, 1.82) is 0 Å². The van der Waals surface area contributed by atoms with Gasteiger partial charge in [-0.25, -0.2) is 0 Å². The quantitative estimate of drug-likeness (QED) is 0.679. The van der Waals surface area contributed by atoms with Crippen LogP contribution in [0.4, 0.5) is 0 Å². The first-order valence-corrected chi connectivity index (χ1v) is 8.51. The van der Waals surface area contributed by atoms with Crippen LogP contribution in [-0.2, 0) is 18.9 Å². The Morgan fingerprint density at radius 2 is 0.818 bits per heavy atom. The van der Waals surface area contributed by atoms with Crippen LogP contribution in [0.3, 0.4) is 0 Å². The monoisotopic (exact) mass is 318 g/mol. The van der Waals surface area contributed by atoms with E-state index in [0.29, 0.717) is 11.8 Å². The van der Waals surface area contributed by atoms with Crippen molar-refractivity contribution in [2.45, 2.75) is 13.8 Å². The Balaban J connectivity index is 2.15. The molecule has 0 bridgehead atoms. The van der Waals surface area contributed by atoms with Gasteiger partial charge in [0, 0.05) is 38.0 Å². The third-order valence-corrected chi connectivity index (χ3v) is 3.30. The lowest BCUT2D eigenvalue weighted by Gasteiger charge is -2.15. The zero-order chi connectivity index (χ0) is 15.9. The van der Waals surface area contributed by atoms with E-state index in [9.17, 15) is 0 Å². The van der Waals surface area contributed by atoms with Gasteiger partial charge in [-0.15, -0.1) is 0 Å². The fraction of sp³-hybridized carbons (Fsp3) is 1.00. The molecule has 0 spiro atoms. The average molecular weight is 318 g/mol. The molecule has 0 aromatic carbocycles. The fourth-order valence-corrected chi connectivity index (χ4v) is 2.06. The third kappa shape index (κ3) is 12.3. The molecule has 1 aliphatic heterocycles. The summed E-state index contributed by atoms with van der Waals surface area (Å²) in [6.07, 6.45) is 0. The number of nitrogens with one attached hydrogen (secondary N) is 2. The summed E-state index contributed by atoms with van der Waals surface area (Å²) in [5.41, 5.74) is 0. The largest absolute Gasteiger partial charge is 0.380 e. The van der Waals surface area contributed by atoms with Crippen LogP contribution in [0.15, 0.2) is 0 Å². The van der Waals surface area contributed by atoms with Gasteiger partial charge < -0.3 is 29.6 Å². The molecule has 1 fully saturated rings. The van der Waals surface area contributed by atoms with Gasteiger partial charge in [0.25, 0.3) is 0 Å². The second-order valence-electron chi connectivity index (χ2n) is 6.01. The summed E-state index contributed by atoms with van der Waals surface area (Å²) in [6, 6.07) is 0.